The van der Waals surface area contributed by atoms with E-state index in [0.717, 1.165) is 12.1 Å². The van der Waals surface area contributed by atoms with Gasteiger partial charge < -0.3 is 14.4 Å². The van der Waals surface area contributed by atoms with E-state index in [2.05, 4.69) is 9.72 Å². The smallest absolute Gasteiger partial charge is 0.490 e. The minimum Gasteiger partial charge on any atom is -0.490 e. The molecule has 0 aliphatic carbocycles. The summed E-state index contributed by atoms with van der Waals surface area (Å²) in [5.74, 6) is -0.0156. The summed E-state index contributed by atoms with van der Waals surface area (Å²) in [5.41, 5.74) is 1.19. The largest absolute Gasteiger partial charge is 0.522 e. The van der Waals surface area contributed by atoms with Crippen LogP contribution in [0.25, 0.3) is 0 Å². The molecule has 2 aliphatic heterocycles. The number of amides is 1. The van der Waals surface area contributed by atoms with E-state index in [-0.39, 0.29) is 34.8 Å². The highest BCUT2D eigenvalue weighted by molar-refractivity contribution is 6.32. The summed E-state index contributed by atoms with van der Waals surface area (Å²) in [6.07, 6.45) is -2.32. The molecule has 0 spiro atoms. The number of piperidine rings is 1. The predicted molar refractivity (Wildman–Crippen MR) is 105 cm³/mol. The average Bonchev–Trinajstić information content (AvgIpc) is 2.72. The fourth-order valence-electron chi connectivity index (χ4n) is 3.94. The van der Waals surface area contributed by atoms with Gasteiger partial charge in [0.05, 0.1) is 35.4 Å². The Morgan fingerprint density at radius 2 is 2.13 bits per heavy atom. The molecule has 6 nitrogen and oxygen atoms in total. The number of fused-ring (bicyclic) bond motifs is 1. The molecule has 31 heavy (non-hydrogen) atoms. The monoisotopic (exact) mass is 456 g/mol. The van der Waals surface area contributed by atoms with Gasteiger partial charge >= 0.3 is 6.36 Å². The Balaban J connectivity index is 1.36. The highest BCUT2D eigenvalue weighted by Crippen LogP contribution is 2.44. The minimum absolute atomic E-state index is 0.119. The number of hydrogen-bond acceptors (Lipinski definition) is 5. The van der Waals surface area contributed by atoms with Crippen molar-refractivity contribution in [3.05, 3.63) is 58.9 Å². The predicted octanol–water partition coefficient (Wildman–Crippen LogP) is 3.83. The third-order valence-corrected chi connectivity index (χ3v) is 5.92. The van der Waals surface area contributed by atoms with Crippen molar-refractivity contribution in [1.82, 2.24) is 9.88 Å². The standard InChI is InChI=1S/C21H20ClF3N2O4/c22-15-11-14(4-5-16(15)29-9-10-31-21(23,24)25)19(28)27-8-6-20(13-30-18(20)12-27)17-3-1-2-7-26-17/h1-5,7,11,18H,6,8-10,12-13H2/t18-,20+/m1/s1. The molecule has 0 unspecified atom stereocenters. The number of carbonyl (C=O) groups excluding carboxylic acids is 1. The van der Waals surface area contributed by atoms with Crippen molar-refractivity contribution in [2.24, 2.45) is 0 Å². The SMILES string of the molecule is O=C(c1ccc(OCCOC(F)(F)F)c(Cl)c1)N1CC[C@@]2(c3ccccn3)CO[C@@H]2C1. The molecule has 2 fully saturated rings. The number of hydrogen-bond donors (Lipinski definition) is 0. The van der Waals surface area contributed by atoms with Gasteiger partial charge in [0.15, 0.2) is 0 Å². The van der Waals surface area contributed by atoms with Gasteiger partial charge in [0, 0.05) is 24.8 Å². The summed E-state index contributed by atoms with van der Waals surface area (Å²) in [7, 11) is 0. The summed E-state index contributed by atoms with van der Waals surface area (Å²) in [6.45, 7) is 0.605. The van der Waals surface area contributed by atoms with Crippen LogP contribution >= 0.6 is 11.6 Å². The lowest BCUT2D eigenvalue weighted by atomic mass is 9.70. The first-order chi connectivity index (χ1) is 14.8. The molecule has 1 aromatic carbocycles. The summed E-state index contributed by atoms with van der Waals surface area (Å²) in [4.78, 5) is 19.2. The molecule has 0 N–H and O–H groups in total. The van der Waals surface area contributed by atoms with Crippen molar-refractivity contribution in [3.63, 3.8) is 0 Å². The number of pyridine rings is 1. The van der Waals surface area contributed by atoms with Crippen LogP contribution in [0.4, 0.5) is 13.2 Å². The molecule has 2 saturated heterocycles. The maximum absolute atomic E-state index is 13.0. The van der Waals surface area contributed by atoms with Gasteiger partial charge in [-0.05, 0) is 36.8 Å². The molecular formula is C21H20ClF3N2O4. The quantitative estimate of drug-likeness (QED) is 0.618. The van der Waals surface area contributed by atoms with Gasteiger partial charge in [-0.2, -0.15) is 0 Å². The summed E-state index contributed by atoms with van der Waals surface area (Å²) < 4.78 is 50.6. The Labute approximate surface area is 181 Å². The van der Waals surface area contributed by atoms with E-state index >= 15 is 0 Å². The highest BCUT2D eigenvalue weighted by atomic mass is 35.5. The fraction of sp³-hybridized carbons (Fsp3) is 0.429. The lowest BCUT2D eigenvalue weighted by Crippen LogP contribution is -2.65. The minimum atomic E-state index is -4.71. The molecular weight excluding hydrogens is 437 g/mol. The number of benzene rings is 1. The van der Waals surface area contributed by atoms with Crippen LogP contribution in [0.1, 0.15) is 22.5 Å². The molecule has 0 saturated carbocycles. The van der Waals surface area contributed by atoms with Crippen LogP contribution < -0.4 is 4.74 Å². The summed E-state index contributed by atoms with van der Waals surface area (Å²) in [6, 6.07) is 10.3. The number of likely N-dealkylation sites (tertiary alicyclic amines) is 1. The lowest BCUT2D eigenvalue weighted by molar-refractivity contribution is -0.325. The number of alkyl halides is 3. The number of aromatic nitrogens is 1. The Bertz CT molecular complexity index is 944. The van der Waals surface area contributed by atoms with Crippen molar-refractivity contribution in [3.8, 4) is 5.75 Å². The molecule has 4 rings (SSSR count). The molecule has 1 aromatic heterocycles. The van der Waals surface area contributed by atoms with Gasteiger partial charge in [0.25, 0.3) is 5.91 Å². The number of carbonyl (C=O) groups is 1. The zero-order valence-corrected chi connectivity index (χ0v) is 17.2. The molecule has 2 aromatic rings. The third kappa shape index (κ3) is 4.63. The third-order valence-electron chi connectivity index (χ3n) is 5.62. The van der Waals surface area contributed by atoms with Crippen LogP contribution in [0.5, 0.6) is 5.75 Å². The van der Waals surface area contributed by atoms with E-state index in [1.165, 1.54) is 18.2 Å². The van der Waals surface area contributed by atoms with Gasteiger partial charge in [-0.3, -0.25) is 14.5 Å². The molecule has 3 heterocycles. The molecule has 1 amide bonds. The van der Waals surface area contributed by atoms with Crippen molar-refractivity contribution in [1.29, 1.82) is 0 Å². The van der Waals surface area contributed by atoms with Crippen molar-refractivity contribution in [2.75, 3.05) is 32.9 Å². The first-order valence-corrected chi connectivity index (χ1v) is 10.1. The van der Waals surface area contributed by atoms with Crippen LogP contribution in [0, 0.1) is 0 Å². The van der Waals surface area contributed by atoms with E-state index in [4.69, 9.17) is 21.1 Å². The zero-order valence-electron chi connectivity index (χ0n) is 16.4. The molecule has 166 valence electrons. The van der Waals surface area contributed by atoms with E-state index in [1.807, 2.05) is 18.2 Å². The van der Waals surface area contributed by atoms with Gasteiger partial charge in [0.1, 0.15) is 12.4 Å². The average molecular weight is 457 g/mol. The lowest BCUT2D eigenvalue weighted by Gasteiger charge is -2.54. The Kier molecular flexibility index (Phi) is 6.09. The fourth-order valence-corrected chi connectivity index (χ4v) is 4.18. The second-order valence-electron chi connectivity index (χ2n) is 7.46. The van der Waals surface area contributed by atoms with Crippen LogP contribution in [0.3, 0.4) is 0 Å². The first-order valence-electron chi connectivity index (χ1n) is 9.74. The van der Waals surface area contributed by atoms with Gasteiger partial charge in [-0.15, -0.1) is 13.2 Å². The summed E-state index contributed by atoms with van der Waals surface area (Å²) in [5, 5.41) is 0.137. The van der Waals surface area contributed by atoms with Crippen LogP contribution in [-0.4, -0.2) is 61.2 Å². The van der Waals surface area contributed by atoms with Crippen LogP contribution in [-0.2, 0) is 14.9 Å². The number of nitrogens with zero attached hydrogens (tertiary/aromatic N) is 2. The number of ether oxygens (including phenoxy) is 3. The second kappa shape index (κ2) is 8.64. The maximum atomic E-state index is 13.0. The topological polar surface area (TPSA) is 60.9 Å². The molecule has 0 bridgehead atoms. The van der Waals surface area contributed by atoms with Crippen molar-refractivity contribution in [2.45, 2.75) is 24.3 Å². The van der Waals surface area contributed by atoms with Crippen molar-refractivity contribution >= 4 is 17.5 Å². The Hall–Kier alpha value is -2.36. The van der Waals surface area contributed by atoms with Gasteiger partial charge in [-0.25, -0.2) is 0 Å². The summed E-state index contributed by atoms with van der Waals surface area (Å²) >= 11 is 6.15. The van der Waals surface area contributed by atoms with E-state index < -0.39 is 13.0 Å². The normalized spacial score (nSPS) is 23.1. The van der Waals surface area contributed by atoms with Gasteiger partial charge in [-0.1, -0.05) is 17.7 Å². The zero-order chi connectivity index (χ0) is 22.1. The Morgan fingerprint density at radius 1 is 1.29 bits per heavy atom. The Morgan fingerprint density at radius 3 is 2.74 bits per heavy atom. The second-order valence-corrected chi connectivity index (χ2v) is 7.87. The maximum Gasteiger partial charge on any atom is 0.522 e. The molecule has 10 heteroatoms. The highest BCUT2D eigenvalue weighted by Gasteiger charge is 2.54. The van der Waals surface area contributed by atoms with Crippen LogP contribution in [0.2, 0.25) is 5.02 Å². The van der Waals surface area contributed by atoms with Gasteiger partial charge in [0.2, 0.25) is 0 Å². The van der Waals surface area contributed by atoms with E-state index in [9.17, 15) is 18.0 Å². The first kappa shape index (κ1) is 21.9. The molecule has 2 aliphatic rings. The van der Waals surface area contributed by atoms with E-state index in [1.54, 1.807) is 11.1 Å². The van der Waals surface area contributed by atoms with E-state index in [0.29, 0.717) is 25.3 Å². The number of rotatable bonds is 6. The molecule has 2 atom stereocenters. The molecule has 0 radical (unpaired) electrons. The van der Waals surface area contributed by atoms with Crippen LogP contribution in [0.15, 0.2) is 42.6 Å². The number of halogens is 4. The van der Waals surface area contributed by atoms with Crippen molar-refractivity contribution < 1.29 is 32.2 Å².